The molecule has 4 rings (SSSR count). The molecule has 0 spiro atoms. The van der Waals surface area contributed by atoms with Gasteiger partial charge in [0.15, 0.2) is 4.96 Å². The van der Waals surface area contributed by atoms with Crippen molar-refractivity contribution in [3.63, 3.8) is 0 Å². The SMILES string of the molecule is NC(=O)C1(NC(=O)c2csc3nc(-c4ccc(Cl)cc4)cn23)CCCC1. The van der Waals surface area contributed by atoms with E-state index in [9.17, 15) is 9.59 Å². The lowest BCUT2D eigenvalue weighted by Gasteiger charge is -2.26. The highest BCUT2D eigenvalue weighted by Crippen LogP contribution is 2.30. The van der Waals surface area contributed by atoms with Crippen molar-refractivity contribution in [1.82, 2.24) is 14.7 Å². The fraction of sp³-hybridized carbons (Fsp3) is 0.278. The van der Waals surface area contributed by atoms with Crippen LogP contribution in [-0.4, -0.2) is 26.7 Å². The summed E-state index contributed by atoms with van der Waals surface area (Å²) in [6.45, 7) is 0. The second-order valence-corrected chi connectivity index (χ2v) is 7.79. The van der Waals surface area contributed by atoms with E-state index >= 15 is 0 Å². The summed E-state index contributed by atoms with van der Waals surface area (Å²) in [5.74, 6) is -0.778. The molecule has 8 heteroatoms. The number of amides is 2. The Balaban J connectivity index is 1.65. The zero-order valence-electron chi connectivity index (χ0n) is 13.9. The van der Waals surface area contributed by atoms with E-state index in [1.165, 1.54) is 11.3 Å². The first-order chi connectivity index (χ1) is 12.5. The monoisotopic (exact) mass is 388 g/mol. The molecule has 0 unspecified atom stereocenters. The molecule has 6 nitrogen and oxygen atoms in total. The van der Waals surface area contributed by atoms with Gasteiger partial charge in [0.05, 0.1) is 5.69 Å². The number of primary amides is 1. The average molecular weight is 389 g/mol. The highest BCUT2D eigenvalue weighted by Gasteiger charge is 2.41. The largest absolute Gasteiger partial charge is 0.368 e. The van der Waals surface area contributed by atoms with Crippen LogP contribution in [0.2, 0.25) is 5.02 Å². The minimum absolute atomic E-state index is 0.308. The normalized spacial score (nSPS) is 16.0. The van der Waals surface area contributed by atoms with E-state index in [4.69, 9.17) is 17.3 Å². The molecule has 0 atom stereocenters. The number of hydrogen-bond acceptors (Lipinski definition) is 4. The topological polar surface area (TPSA) is 89.5 Å². The Labute approximate surface area is 159 Å². The van der Waals surface area contributed by atoms with Crippen molar-refractivity contribution in [1.29, 1.82) is 0 Å². The van der Waals surface area contributed by atoms with E-state index in [0.29, 0.717) is 28.5 Å². The smallest absolute Gasteiger partial charge is 0.270 e. The second kappa shape index (κ2) is 6.41. The van der Waals surface area contributed by atoms with Gasteiger partial charge in [0.1, 0.15) is 11.2 Å². The Bertz CT molecular complexity index is 986. The van der Waals surface area contributed by atoms with E-state index in [0.717, 1.165) is 24.1 Å². The quantitative estimate of drug-likeness (QED) is 0.718. The van der Waals surface area contributed by atoms with Crippen LogP contribution < -0.4 is 11.1 Å². The predicted octanol–water partition coefficient (Wildman–Crippen LogP) is 3.24. The van der Waals surface area contributed by atoms with Gasteiger partial charge < -0.3 is 11.1 Å². The zero-order valence-corrected chi connectivity index (χ0v) is 15.4. The molecule has 0 radical (unpaired) electrons. The van der Waals surface area contributed by atoms with E-state index in [1.807, 2.05) is 18.3 Å². The van der Waals surface area contributed by atoms with Crippen molar-refractivity contribution < 1.29 is 9.59 Å². The number of aromatic nitrogens is 2. The molecular formula is C18H17ClN4O2S. The Morgan fingerprint density at radius 1 is 1.23 bits per heavy atom. The molecule has 1 aliphatic carbocycles. The van der Waals surface area contributed by atoms with Crippen LogP contribution in [0.15, 0.2) is 35.8 Å². The van der Waals surface area contributed by atoms with Crippen molar-refractivity contribution >= 4 is 39.7 Å². The second-order valence-electron chi connectivity index (χ2n) is 6.51. The summed E-state index contributed by atoms with van der Waals surface area (Å²) >= 11 is 7.30. The van der Waals surface area contributed by atoms with E-state index in [-0.39, 0.29) is 5.91 Å². The Morgan fingerprint density at radius 2 is 1.92 bits per heavy atom. The van der Waals surface area contributed by atoms with E-state index < -0.39 is 11.4 Å². The number of carbonyl (C=O) groups excluding carboxylic acids is 2. The van der Waals surface area contributed by atoms with Gasteiger partial charge in [-0.1, -0.05) is 36.6 Å². The van der Waals surface area contributed by atoms with Gasteiger partial charge in [0.25, 0.3) is 5.91 Å². The lowest BCUT2D eigenvalue weighted by atomic mass is 9.96. The molecule has 1 saturated carbocycles. The summed E-state index contributed by atoms with van der Waals surface area (Å²) < 4.78 is 1.74. The van der Waals surface area contributed by atoms with Crippen LogP contribution in [0.3, 0.4) is 0 Å². The van der Waals surface area contributed by atoms with Gasteiger partial charge in [-0.25, -0.2) is 4.98 Å². The summed E-state index contributed by atoms with van der Waals surface area (Å²) in [7, 11) is 0. The number of carbonyl (C=O) groups is 2. The van der Waals surface area contributed by atoms with Crippen LogP contribution in [0, 0.1) is 0 Å². The predicted molar refractivity (Wildman–Crippen MR) is 101 cm³/mol. The maximum atomic E-state index is 12.8. The summed E-state index contributed by atoms with van der Waals surface area (Å²) in [5, 5.41) is 5.27. The Hall–Kier alpha value is -2.38. The van der Waals surface area contributed by atoms with Crippen molar-refractivity contribution in [3.05, 3.63) is 46.6 Å². The standard InChI is InChI=1S/C18H17ClN4O2S/c19-12-5-3-11(4-6-12)13-9-23-14(10-26-17(23)21-13)15(24)22-18(16(20)25)7-1-2-8-18/h3-6,9-10H,1-2,7-8H2,(H2,20,25)(H,22,24). The molecule has 0 saturated heterocycles. The molecule has 134 valence electrons. The number of fused-ring (bicyclic) bond motifs is 1. The van der Waals surface area contributed by atoms with Crippen LogP contribution in [0.1, 0.15) is 36.2 Å². The zero-order chi connectivity index (χ0) is 18.3. The van der Waals surface area contributed by atoms with Gasteiger partial charge in [-0.3, -0.25) is 14.0 Å². The summed E-state index contributed by atoms with van der Waals surface area (Å²) in [6, 6.07) is 7.37. The van der Waals surface area contributed by atoms with E-state index in [2.05, 4.69) is 10.3 Å². The minimum Gasteiger partial charge on any atom is -0.368 e. The molecule has 3 N–H and O–H groups in total. The molecule has 1 fully saturated rings. The third kappa shape index (κ3) is 2.87. The molecule has 2 aromatic heterocycles. The van der Waals surface area contributed by atoms with Crippen LogP contribution in [-0.2, 0) is 4.79 Å². The summed E-state index contributed by atoms with van der Waals surface area (Å²) in [4.78, 5) is 30.0. The number of imidazole rings is 1. The van der Waals surface area contributed by atoms with E-state index in [1.54, 1.807) is 21.9 Å². The lowest BCUT2D eigenvalue weighted by Crippen LogP contribution is -2.55. The first kappa shape index (κ1) is 17.1. The molecule has 0 bridgehead atoms. The first-order valence-electron chi connectivity index (χ1n) is 8.33. The van der Waals surface area contributed by atoms with Gasteiger partial charge in [-0.2, -0.15) is 0 Å². The molecule has 26 heavy (non-hydrogen) atoms. The fourth-order valence-corrected chi connectivity index (χ4v) is 4.38. The van der Waals surface area contributed by atoms with Crippen LogP contribution in [0.25, 0.3) is 16.2 Å². The fourth-order valence-electron chi connectivity index (χ4n) is 3.40. The van der Waals surface area contributed by atoms with Crippen molar-refractivity contribution in [2.75, 3.05) is 0 Å². The molecule has 3 aromatic rings. The molecular weight excluding hydrogens is 372 g/mol. The number of halogens is 1. The number of thiazole rings is 1. The van der Waals surface area contributed by atoms with Crippen LogP contribution in [0.4, 0.5) is 0 Å². The highest BCUT2D eigenvalue weighted by atomic mass is 35.5. The third-order valence-electron chi connectivity index (χ3n) is 4.86. The van der Waals surface area contributed by atoms with Crippen molar-refractivity contribution in [3.8, 4) is 11.3 Å². The Kier molecular flexibility index (Phi) is 4.20. The van der Waals surface area contributed by atoms with Crippen LogP contribution >= 0.6 is 22.9 Å². The molecule has 1 aliphatic rings. The Morgan fingerprint density at radius 3 is 2.58 bits per heavy atom. The molecule has 0 aliphatic heterocycles. The van der Waals surface area contributed by atoms with Crippen molar-refractivity contribution in [2.45, 2.75) is 31.2 Å². The molecule has 2 amide bonds. The van der Waals surface area contributed by atoms with Gasteiger partial charge in [-0.15, -0.1) is 11.3 Å². The lowest BCUT2D eigenvalue weighted by molar-refractivity contribution is -0.123. The summed E-state index contributed by atoms with van der Waals surface area (Å²) in [5.41, 5.74) is 6.74. The maximum absolute atomic E-state index is 12.8. The van der Waals surface area contributed by atoms with Gasteiger partial charge in [0.2, 0.25) is 5.91 Å². The average Bonchev–Trinajstić information content (AvgIpc) is 3.30. The number of hydrogen-bond donors (Lipinski definition) is 2. The number of nitrogens with zero attached hydrogens (tertiary/aromatic N) is 2. The minimum atomic E-state index is -0.940. The maximum Gasteiger partial charge on any atom is 0.270 e. The van der Waals surface area contributed by atoms with Gasteiger partial charge in [-0.05, 0) is 25.0 Å². The number of nitrogens with two attached hydrogens (primary N) is 1. The number of nitrogens with one attached hydrogen (secondary N) is 1. The first-order valence-corrected chi connectivity index (χ1v) is 9.59. The molecule has 2 heterocycles. The molecule has 1 aromatic carbocycles. The van der Waals surface area contributed by atoms with Crippen LogP contribution in [0.5, 0.6) is 0 Å². The third-order valence-corrected chi connectivity index (χ3v) is 5.96. The number of benzene rings is 1. The van der Waals surface area contributed by atoms with Gasteiger partial charge in [0, 0.05) is 22.2 Å². The summed E-state index contributed by atoms with van der Waals surface area (Å²) in [6.07, 6.45) is 4.75. The van der Waals surface area contributed by atoms with Gasteiger partial charge >= 0.3 is 0 Å². The highest BCUT2D eigenvalue weighted by molar-refractivity contribution is 7.15. The number of rotatable bonds is 4. The van der Waals surface area contributed by atoms with Crippen molar-refractivity contribution in [2.24, 2.45) is 5.73 Å².